The van der Waals surface area contributed by atoms with Crippen LogP contribution in [-0.2, 0) is 16.6 Å². The fourth-order valence-corrected chi connectivity index (χ4v) is 2.54. The smallest absolute Gasteiger partial charge is 0.315 e. The molecule has 1 aromatic heterocycles. The molecule has 84 valence electrons. The second kappa shape index (κ2) is 3.20. The Kier molecular flexibility index (Phi) is 1.93. The molecule has 1 fully saturated rings. The molecule has 1 aromatic rings. The lowest BCUT2D eigenvalue weighted by molar-refractivity contribution is -0.147. The van der Waals surface area contributed by atoms with Crippen LogP contribution in [0, 0.1) is 0 Å². The molecule has 0 spiro atoms. The van der Waals surface area contributed by atoms with E-state index in [0.717, 1.165) is 49.3 Å². The van der Waals surface area contributed by atoms with Gasteiger partial charge in [0.15, 0.2) is 0 Å². The molecule has 0 aromatic carbocycles. The number of hydrogen-bond acceptors (Lipinski definition) is 3. The quantitative estimate of drug-likeness (QED) is 0.790. The Morgan fingerprint density at radius 1 is 1.44 bits per heavy atom. The fourth-order valence-electron chi connectivity index (χ4n) is 2.54. The second-order valence-electron chi connectivity index (χ2n) is 4.61. The highest BCUT2D eigenvalue weighted by molar-refractivity contribution is 5.82. The van der Waals surface area contributed by atoms with E-state index in [1.165, 1.54) is 0 Å². The van der Waals surface area contributed by atoms with Crippen LogP contribution in [0.2, 0.25) is 0 Å². The summed E-state index contributed by atoms with van der Waals surface area (Å²) in [4.78, 5) is 15.9. The average molecular weight is 218 g/mol. The molecular formula is C12H14N2O2. The first-order valence-corrected chi connectivity index (χ1v) is 5.70. The second-order valence-corrected chi connectivity index (χ2v) is 4.61. The van der Waals surface area contributed by atoms with Crippen molar-refractivity contribution < 1.29 is 9.90 Å². The van der Waals surface area contributed by atoms with Crippen molar-refractivity contribution in [1.29, 1.82) is 0 Å². The molecule has 1 aliphatic heterocycles. The fraction of sp³-hybridized carbons (Fsp3) is 0.500. The van der Waals surface area contributed by atoms with E-state index in [-0.39, 0.29) is 0 Å². The van der Waals surface area contributed by atoms with E-state index in [1.807, 2.05) is 12.1 Å². The number of aromatic nitrogens is 1. The number of nitrogens with one attached hydrogen (secondary N) is 1. The van der Waals surface area contributed by atoms with Gasteiger partial charge in [-0.25, -0.2) is 0 Å². The summed E-state index contributed by atoms with van der Waals surface area (Å²) in [6, 6.07) is 3.83. The van der Waals surface area contributed by atoms with Gasteiger partial charge in [0.1, 0.15) is 5.41 Å². The molecule has 2 heterocycles. The molecular weight excluding hydrogens is 204 g/mol. The third-order valence-electron chi connectivity index (χ3n) is 3.76. The van der Waals surface area contributed by atoms with E-state index in [4.69, 9.17) is 0 Å². The number of fused-ring (bicyclic) bond motifs is 1. The lowest BCUT2D eigenvalue weighted by Gasteiger charge is -2.37. The number of aliphatic carboxylic acids is 1. The van der Waals surface area contributed by atoms with Gasteiger partial charge in [-0.2, -0.15) is 0 Å². The van der Waals surface area contributed by atoms with Crippen molar-refractivity contribution in [1.82, 2.24) is 4.98 Å². The van der Waals surface area contributed by atoms with Crippen LogP contribution >= 0.6 is 0 Å². The van der Waals surface area contributed by atoms with Crippen molar-refractivity contribution in [3.63, 3.8) is 0 Å². The highest BCUT2D eigenvalue weighted by atomic mass is 16.4. The minimum Gasteiger partial charge on any atom is -0.481 e. The number of pyridine rings is 1. The summed E-state index contributed by atoms with van der Waals surface area (Å²) >= 11 is 0. The molecule has 2 N–H and O–H groups in total. The zero-order chi connectivity index (χ0) is 11.2. The van der Waals surface area contributed by atoms with Gasteiger partial charge >= 0.3 is 5.97 Å². The number of hydrogen-bond donors (Lipinski definition) is 2. The van der Waals surface area contributed by atoms with Crippen molar-refractivity contribution in [2.45, 2.75) is 31.1 Å². The highest BCUT2D eigenvalue weighted by Crippen LogP contribution is 2.43. The van der Waals surface area contributed by atoms with Crippen molar-refractivity contribution in [2.75, 3.05) is 11.9 Å². The van der Waals surface area contributed by atoms with E-state index in [2.05, 4.69) is 10.3 Å². The van der Waals surface area contributed by atoms with Gasteiger partial charge in [0.2, 0.25) is 0 Å². The molecule has 1 saturated carbocycles. The Bertz CT molecular complexity index is 452. The first-order chi connectivity index (χ1) is 7.72. The summed E-state index contributed by atoms with van der Waals surface area (Å²) < 4.78 is 0. The normalized spacial score (nSPS) is 20.8. The van der Waals surface area contributed by atoms with Gasteiger partial charge in [-0.05, 0) is 25.0 Å². The van der Waals surface area contributed by atoms with Crippen LogP contribution < -0.4 is 5.32 Å². The molecule has 0 unspecified atom stereocenters. The lowest BCUT2D eigenvalue weighted by atomic mass is 9.66. The minimum absolute atomic E-state index is 0.697. The van der Waals surface area contributed by atoms with E-state index >= 15 is 0 Å². The lowest BCUT2D eigenvalue weighted by Crippen LogP contribution is -2.43. The summed E-state index contributed by atoms with van der Waals surface area (Å²) in [5, 5.41) is 12.6. The Morgan fingerprint density at radius 3 is 2.88 bits per heavy atom. The third kappa shape index (κ3) is 1.16. The summed E-state index contributed by atoms with van der Waals surface area (Å²) in [6.45, 7) is 0.909. The molecule has 3 rings (SSSR count). The molecule has 0 radical (unpaired) electrons. The summed E-state index contributed by atoms with van der Waals surface area (Å²) in [6.07, 6.45) is 3.34. The predicted octanol–water partition coefficient (Wildman–Crippen LogP) is 1.56. The van der Waals surface area contributed by atoms with Crippen LogP contribution in [0.4, 0.5) is 5.69 Å². The Hall–Kier alpha value is -1.58. The topological polar surface area (TPSA) is 62.2 Å². The van der Waals surface area contributed by atoms with Crippen LogP contribution in [-0.4, -0.2) is 22.6 Å². The summed E-state index contributed by atoms with van der Waals surface area (Å²) in [7, 11) is 0. The van der Waals surface area contributed by atoms with Crippen LogP contribution in [0.1, 0.15) is 30.7 Å². The molecule has 2 aliphatic rings. The van der Waals surface area contributed by atoms with E-state index < -0.39 is 11.4 Å². The molecule has 16 heavy (non-hydrogen) atoms. The monoisotopic (exact) mass is 218 g/mol. The molecule has 0 bridgehead atoms. The van der Waals surface area contributed by atoms with Crippen LogP contribution in [0.5, 0.6) is 0 Å². The maximum atomic E-state index is 11.3. The molecule has 4 heteroatoms. The Balaban J connectivity index is 2.03. The van der Waals surface area contributed by atoms with Crippen LogP contribution in [0.15, 0.2) is 12.1 Å². The predicted molar refractivity (Wildman–Crippen MR) is 59.6 cm³/mol. The zero-order valence-electron chi connectivity index (χ0n) is 8.99. The summed E-state index contributed by atoms with van der Waals surface area (Å²) in [5.41, 5.74) is 2.12. The molecule has 0 atom stereocenters. The van der Waals surface area contributed by atoms with Crippen LogP contribution in [0.25, 0.3) is 0 Å². The molecule has 0 saturated heterocycles. The molecule has 1 aliphatic carbocycles. The number of rotatable bonds is 2. The number of anilines is 1. The minimum atomic E-state index is -0.725. The standard InChI is InChI=1S/C12H14N2O2/c15-11(16)12(5-1-6-12)10-3-2-8-9(14-10)4-7-13-8/h2-3,13H,1,4-7H2,(H,15,16). The molecule has 4 nitrogen and oxygen atoms in total. The van der Waals surface area contributed by atoms with Gasteiger partial charge in [0.25, 0.3) is 0 Å². The number of nitrogens with zero attached hydrogens (tertiary/aromatic N) is 1. The third-order valence-corrected chi connectivity index (χ3v) is 3.76. The summed E-state index contributed by atoms with van der Waals surface area (Å²) in [5.74, 6) is -0.725. The number of carboxylic acid groups (broad SMARTS) is 1. The first kappa shape index (κ1) is 9.63. The largest absolute Gasteiger partial charge is 0.481 e. The van der Waals surface area contributed by atoms with Crippen molar-refractivity contribution in [3.8, 4) is 0 Å². The number of carboxylic acids is 1. The zero-order valence-corrected chi connectivity index (χ0v) is 8.99. The van der Waals surface area contributed by atoms with Crippen molar-refractivity contribution >= 4 is 11.7 Å². The van der Waals surface area contributed by atoms with Gasteiger partial charge in [-0.15, -0.1) is 0 Å². The number of carbonyl (C=O) groups is 1. The highest BCUT2D eigenvalue weighted by Gasteiger charge is 2.47. The van der Waals surface area contributed by atoms with Gasteiger partial charge in [-0.3, -0.25) is 9.78 Å². The van der Waals surface area contributed by atoms with Gasteiger partial charge in [0.05, 0.1) is 17.1 Å². The van der Waals surface area contributed by atoms with Gasteiger partial charge in [0, 0.05) is 13.0 Å². The Labute approximate surface area is 93.7 Å². The van der Waals surface area contributed by atoms with Gasteiger partial charge in [-0.1, -0.05) is 6.42 Å². The van der Waals surface area contributed by atoms with E-state index in [9.17, 15) is 9.90 Å². The maximum Gasteiger partial charge on any atom is 0.315 e. The van der Waals surface area contributed by atoms with Crippen molar-refractivity contribution in [2.24, 2.45) is 0 Å². The molecule has 0 amide bonds. The van der Waals surface area contributed by atoms with E-state index in [0.29, 0.717) is 0 Å². The average Bonchev–Trinajstić information content (AvgIpc) is 2.62. The van der Waals surface area contributed by atoms with Crippen molar-refractivity contribution in [3.05, 3.63) is 23.5 Å². The van der Waals surface area contributed by atoms with E-state index in [1.54, 1.807) is 0 Å². The Morgan fingerprint density at radius 2 is 2.25 bits per heavy atom. The SMILES string of the molecule is O=C(O)C1(c2ccc3c(n2)CCN3)CCC1. The van der Waals surface area contributed by atoms with Gasteiger partial charge < -0.3 is 10.4 Å². The maximum absolute atomic E-state index is 11.3. The van der Waals surface area contributed by atoms with Crippen LogP contribution in [0.3, 0.4) is 0 Å². The first-order valence-electron chi connectivity index (χ1n) is 5.70.